The van der Waals surface area contributed by atoms with Gasteiger partial charge in [0.1, 0.15) is 11.6 Å². The quantitative estimate of drug-likeness (QED) is 0.731. The molecule has 0 atom stereocenters. The number of hydrogen-bond acceptors (Lipinski definition) is 7. The summed E-state index contributed by atoms with van der Waals surface area (Å²) in [7, 11) is 0. The fourth-order valence-corrected chi connectivity index (χ4v) is 3.91. The zero-order valence-corrected chi connectivity index (χ0v) is 15.9. The summed E-state index contributed by atoms with van der Waals surface area (Å²) in [4.78, 5) is 16.3. The van der Waals surface area contributed by atoms with E-state index in [9.17, 15) is 4.79 Å². The average Bonchev–Trinajstić information content (AvgIpc) is 3.30. The number of aryl methyl sites for hydroxylation is 1. The van der Waals surface area contributed by atoms with Gasteiger partial charge in [0.15, 0.2) is 11.5 Å². The Balaban J connectivity index is 1.19. The minimum atomic E-state index is 0.0163. The predicted molar refractivity (Wildman–Crippen MR) is 99.2 cm³/mol. The van der Waals surface area contributed by atoms with Gasteiger partial charge in [-0.2, -0.15) is 0 Å². The molecule has 144 valence electrons. The smallest absolute Gasteiger partial charge is 0.231 e. The second-order valence-electron chi connectivity index (χ2n) is 6.67. The van der Waals surface area contributed by atoms with E-state index in [0.29, 0.717) is 10.9 Å². The average molecular weight is 390 g/mol. The highest BCUT2D eigenvalue weighted by Gasteiger charge is 2.24. The molecule has 4 rings (SSSR count). The Bertz CT molecular complexity index is 804. The summed E-state index contributed by atoms with van der Waals surface area (Å²) in [5.74, 6) is 3.37. The van der Waals surface area contributed by atoms with Crippen LogP contribution in [0.15, 0.2) is 23.4 Å². The van der Waals surface area contributed by atoms with Crippen molar-refractivity contribution in [1.82, 2.24) is 20.5 Å². The lowest BCUT2D eigenvalue weighted by Crippen LogP contribution is -2.40. The number of nitrogens with one attached hydrogen (secondary N) is 2. The Kier molecular flexibility index (Phi) is 5.38. The summed E-state index contributed by atoms with van der Waals surface area (Å²) in [6, 6.07) is 5.85. The van der Waals surface area contributed by atoms with Crippen LogP contribution in [-0.4, -0.2) is 45.8 Å². The molecule has 1 amide bonds. The van der Waals surface area contributed by atoms with Crippen molar-refractivity contribution in [3.8, 4) is 17.2 Å². The molecule has 0 bridgehead atoms. The van der Waals surface area contributed by atoms with Crippen LogP contribution in [-0.2, 0) is 4.79 Å². The Morgan fingerprint density at radius 3 is 2.89 bits per heavy atom. The zero-order valence-electron chi connectivity index (χ0n) is 15.1. The molecule has 1 saturated carbocycles. The van der Waals surface area contributed by atoms with E-state index in [2.05, 4.69) is 20.5 Å². The van der Waals surface area contributed by atoms with Crippen molar-refractivity contribution in [3.63, 3.8) is 0 Å². The molecule has 1 aromatic carbocycles. The normalized spacial score (nSPS) is 21.1. The van der Waals surface area contributed by atoms with Gasteiger partial charge in [0.05, 0.1) is 11.9 Å². The second kappa shape index (κ2) is 8.08. The molecule has 1 aromatic heterocycles. The molecule has 1 aliphatic heterocycles. The topological polar surface area (TPSA) is 98.4 Å². The number of benzene rings is 1. The molecule has 0 radical (unpaired) electrons. The summed E-state index contributed by atoms with van der Waals surface area (Å²) in [6.07, 6.45) is 3.79. The van der Waals surface area contributed by atoms with Gasteiger partial charge >= 0.3 is 0 Å². The minimum Gasteiger partial charge on any atom is -0.490 e. The lowest BCUT2D eigenvalue weighted by molar-refractivity contribution is -0.119. The number of aromatic nitrogens is 3. The molecular formula is C18H22N4O4S. The predicted octanol–water partition coefficient (Wildman–Crippen LogP) is 2.44. The number of amides is 1. The number of carbonyl (C=O) groups excluding carboxylic acids is 1. The molecule has 9 heteroatoms. The lowest BCUT2D eigenvalue weighted by Gasteiger charge is -2.29. The monoisotopic (exact) mass is 390 g/mol. The highest BCUT2D eigenvalue weighted by Crippen LogP contribution is 2.36. The first-order chi connectivity index (χ1) is 13.2. The third kappa shape index (κ3) is 4.65. The molecule has 27 heavy (non-hydrogen) atoms. The summed E-state index contributed by atoms with van der Waals surface area (Å²) >= 11 is 1.34. The first kappa shape index (κ1) is 18.0. The molecule has 0 saturated heterocycles. The van der Waals surface area contributed by atoms with Crippen molar-refractivity contribution >= 4 is 17.7 Å². The maximum absolute atomic E-state index is 12.1. The molecule has 1 fully saturated rings. The van der Waals surface area contributed by atoms with Crippen LogP contribution in [0.25, 0.3) is 0 Å². The standard InChI is InChI=1S/C18H22N4O4S/c1-11-19-18(22-21-11)27-9-17(23)20-12-2-4-13(5-3-12)26-14-6-7-15-16(8-14)25-10-24-15/h6-8,12-13H,2-5,9-10H2,1H3,(H,20,23)(H,19,21,22). The third-order valence-corrected chi connectivity index (χ3v) is 5.44. The van der Waals surface area contributed by atoms with E-state index in [4.69, 9.17) is 14.2 Å². The number of rotatable bonds is 6. The van der Waals surface area contributed by atoms with Gasteiger partial charge in [-0.3, -0.25) is 9.89 Å². The summed E-state index contributed by atoms with van der Waals surface area (Å²) in [5, 5.41) is 10.5. The fraction of sp³-hybridized carbons (Fsp3) is 0.500. The van der Waals surface area contributed by atoms with Crippen LogP contribution in [0.1, 0.15) is 31.5 Å². The van der Waals surface area contributed by atoms with Crippen LogP contribution < -0.4 is 19.5 Å². The van der Waals surface area contributed by atoms with Crippen LogP contribution in [0, 0.1) is 6.92 Å². The number of thioether (sulfide) groups is 1. The van der Waals surface area contributed by atoms with Crippen LogP contribution in [0.2, 0.25) is 0 Å². The third-order valence-electron chi connectivity index (χ3n) is 4.60. The maximum atomic E-state index is 12.1. The van der Waals surface area contributed by atoms with E-state index in [-0.39, 0.29) is 24.8 Å². The Labute approximate surface area is 161 Å². The minimum absolute atomic E-state index is 0.0163. The highest BCUT2D eigenvalue weighted by molar-refractivity contribution is 7.99. The SMILES string of the molecule is Cc1nc(SCC(=O)NC2CCC(Oc3ccc4c(c3)OCO4)CC2)n[nH]1. The second-order valence-corrected chi connectivity index (χ2v) is 7.61. The maximum Gasteiger partial charge on any atom is 0.231 e. The molecule has 0 unspecified atom stereocenters. The van der Waals surface area contributed by atoms with Crippen LogP contribution >= 0.6 is 11.8 Å². The van der Waals surface area contributed by atoms with Crippen molar-refractivity contribution in [2.45, 2.75) is 49.9 Å². The number of carbonyl (C=O) groups is 1. The first-order valence-electron chi connectivity index (χ1n) is 9.03. The fourth-order valence-electron chi connectivity index (χ4n) is 3.25. The molecule has 1 aliphatic carbocycles. The van der Waals surface area contributed by atoms with E-state index < -0.39 is 0 Å². The van der Waals surface area contributed by atoms with Gasteiger partial charge in [0.25, 0.3) is 0 Å². The van der Waals surface area contributed by atoms with Gasteiger partial charge in [0.2, 0.25) is 17.9 Å². The largest absolute Gasteiger partial charge is 0.490 e. The zero-order chi connectivity index (χ0) is 18.6. The van der Waals surface area contributed by atoms with E-state index >= 15 is 0 Å². The number of ether oxygens (including phenoxy) is 3. The van der Waals surface area contributed by atoms with Gasteiger partial charge in [-0.25, -0.2) is 4.98 Å². The van der Waals surface area contributed by atoms with Crippen LogP contribution in [0.3, 0.4) is 0 Å². The highest BCUT2D eigenvalue weighted by atomic mass is 32.2. The molecule has 2 aliphatic rings. The molecule has 2 N–H and O–H groups in total. The van der Waals surface area contributed by atoms with Crippen molar-refractivity contribution < 1.29 is 19.0 Å². The first-order valence-corrected chi connectivity index (χ1v) is 10.0. The van der Waals surface area contributed by atoms with E-state index in [1.54, 1.807) is 0 Å². The lowest BCUT2D eigenvalue weighted by atomic mass is 9.93. The number of aromatic amines is 1. The van der Waals surface area contributed by atoms with Crippen LogP contribution in [0.4, 0.5) is 0 Å². The molecular weight excluding hydrogens is 368 g/mol. The Morgan fingerprint density at radius 1 is 1.30 bits per heavy atom. The summed E-state index contributed by atoms with van der Waals surface area (Å²) in [6.45, 7) is 2.10. The molecule has 2 heterocycles. The van der Waals surface area contributed by atoms with Gasteiger partial charge < -0.3 is 19.5 Å². The molecule has 2 aromatic rings. The van der Waals surface area contributed by atoms with Gasteiger partial charge in [-0.1, -0.05) is 11.8 Å². The van der Waals surface area contributed by atoms with Crippen LogP contribution in [0.5, 0.6) is 17.2 Å². The summed E-state index contributed by atoms with van der Waals surface area (Å²) in [5.41, 5.74) is 0. The van der Waals surface area contributed by atoms with Crippen molar-refractivity contribution in [1.29, 1.82) is 0 Å². The van der Waals surface area contributed by atoms with E-state index in [1.807, 2.05) is 25.1 Å². The number of hydrogen-bond donors (Lipinski definition) is 2. The number of H-pyrrole nitrogens is 1. The number of nitrogens with zero attached hydrogens (tertiary/aromatic N) is 2. The summed E-state index contributed by atoms with van der Waals surface area (Å²) < 4.78 is 16.8. The molecule has 0 spiro atoms. The number of fused-ring (bicyclic) bond motifs is 1. The van der Waals surface area contributed by atoms with E-state index in [1.165, 1.54) is 11.8 Å². The molecule has 8 nitrogen and oxygen atoms in total. The van der Waals surface area contributed by atoms with Crippen molar-refractivity contribution in [2.24, 2.45) is 0 Å². The Hall–Kier alpha value is -2.42. The van der Waals surface area contributed by atoms with Gasteiger partial charge in [-0.15, -0.1) is 5.10 Å². The van der Waals surface area contributed by atoms with Gasteiger partial charge in [-0.05, 0) is 44.7 Å². The van der Waals surface area contributed by atoms with Crippen molar-refractivity contribution in [2.75, 3.05) is 12.5 Å². The Morgan fingerprint density at radius 2 is 2.11 bits per heavy atom. The van der Waals surface area contributed by atoms with E-state index in [0.717, 1.165) is 48.8 Å². The van der Waals surface area contributed by atoms with Gasteiger partial charge in [0, 0.05) is 12.1 Å². The van der Waals surface area contributed by atoms with Crippen molar-refractivity contribution in [3.05, 3.63) is 24.0 Å².